The topological polar surface area (TPSA) is 26.3 Å². The molecule has 11 heavy (non-hydrogen) atoms. The van der Waals surface area contributed by atoms with E-state index >= 15 is 0 Å². The number of allylic oxidation sites excluding steroid dienone is 1. The second kappa shape index (κ2) is 4.94. The molecule has 0 atom stereocenters. The van der Waals surface area contributed by atoms with E-state index in [-0.39, 0.29) is 12.1 Å². The molecule has 0 fully saturated rings. The quantitative estimate of drug-likeness (QED) is 0.463. The zero-order chi connectivity index (χ0) is 8.85. The van der Waals surface area contributed by atoms with Crippen molar-refractivity contribution in [3.8, 4) is 0 Å². The van der Waals surface area contributed by atoms with Crippen LogP contribution in [0.4, 0.5) is 0 Å². The molecule has 0 bridgehead atoms. The van der Waals surface area contributed by atoms with Gasteiger partial charge >= 0.3 is 5.97 Å². The molecule has 0 N–H and O–H groups in total. The maximum absolute atomic E-state index is 11.1. The first-order chi connectivity index (χ1) is 5.11. The molecule has 0 aliphatic rings. The Morgan fingerprint density at radius 1 is 1.55 bits per heavy atom. The third kappa shape index (κ3) is 3.81. The molecule has 0 aliphatic carbocycles. The van der Waals surface area contributed by atoms with Crippen LogP contribution in [0.3, 0.4) is 0 Å². The molecule has 0 radical (unpaired) electrons. The average molecular weight is 156 g/mol. The van der Waals surface area contributed by atoms with Gasteiger partial charge in [-0.2, -0.15) is 0 Å². The highest BCUT2D eigenvalue weighted by molar-refractivity contribution is 5.88. The summed E-state index contributed by atoms with van der Waals surface area (Å²) in [5.41, 5.74) is 0.749. The highest BCUT2D eigenvalue weighted by Crippen LogP contribution is 2.04. The first kappa shape index (κ1) is 10.2. The van der Waals surface area contributed by atoms with Gasteiger partial charge in [0.05, 0.1) is 6.10 Å². The second-order valence-electron chi connectivity index (χ2n) is 2.62. The van der Waals surface area contributed by atoms with E-state index in [1.54, 1.807) is 6.08 Å². The van der Waals surface area contributed by atoms with Crippen molar-refractivity contribution in [1.29, 1.82) is 0 Å². The highest BCUT2D eigenvalue weighted by atomic mass is 16.5. The van der Waals surface area contributed by atoms with Gasteiger partial charge in [0, 0.05) is 5.57 Å². The second-order valence-corrected chi connectivity index (χ2v) is 2.62. The molecule has 0 aromatic carbocycles. The first-order valence-corrected chi connectivity index (χ1v) is 3.98. The molecule has 0 saturated heterocycles. The van der Waals surface area contributed by atoms with E-state index in [2.05, 4.69) is 0 Å². The maximum atomic E-state index is 11.1. The van der Waals surface area contributed by atoms with Crippen molar-refractivity contribution in [2.24, 2.45) is 0 Å². The lowest BCUT2D eigenvalue weighted by Crippen LogP contribution is -2.13. The van der Waals surface area contributed by atoms with Crippen LogP contribution in [-0.2, 0) is 9.53 Å². The normalized spacial score (nSPS) is 11.9. The Morgan fingerprint density at radius 3 is 2.36 bits per heavy atom. The predicted molar refractivity (Wildman–Crippen MR) is 45.3 cm³/mol. The van der Waals surface area contributed by atoms with Crippen LogP contribution in [-0.4, -0.2) is 12.1 Å². The molecule has 0 heterocycles. The van der Waals surface area contributed by atoms with Crippen LogP contribution in [0, 0.1) is 0 Å². The van der Waals surface area contributed by atoms with Gasteiger partial charge in [-0.15, -0.1) is 0 Å². The van der Waals surface area contributed by atoms with E-state index in [0.29, 0.717) is 0 Å². The van der Waals surface area contributed by atoms with Crippen molar-refractivity contribution in [3.63, 3.8) is 0 Å². The number of rotatable bonds is 3. The fourth-order valence-electron chi connectivity index (χ4n) is 0.756. The summed E-state index contributed by atoms with van der Waals surface area (Å²) in [6.07, 6.45) is 2.51. The van der Waals surface area contributed by atoms with Crippen molar-refractivity contribution in [2.45, 2.75) is 40.2 Å². The molecule has 0 spiro atoms. The molecule has 2 nitrogen and oxygen atoms in total. The number of ether oxygens (including phenoxy) is 1. The zero-order valence-corrected chi connectivity index (χ0v) is 7.68. The summed E-state index contributed by atoms with van der Waals surface area (Å²) in [6.45, 7) is 7.49. The minimum atomic E-state index is -0.190. The molecular formula is C9H16O2. The van der Waals surface area contributed by atoms with Gasteiger partial charge in [0.1, 0.15) is 0 Å². The van der Waals surface area contributed by atoms with E-state index in [0.717, 1.165) is 12.0 Å². The predicted octanol–water partition coefficient (Wildman–Crippen LogP) is 2.29. The van der Waals surface area contributed by atoms with E-state index < -0.39 is 0 Å². The van der Waals surface area contributed by atoms with Crippen LogP contribution in [0.15, 0.2) is 11.6 Å². The number of hydrogen-bond acceptors (Lipinski definition) is 2. The monoisotopic (exact) mass is 156 g/mol. The lowest BCUT2D eigenvalue weighted by molar-refractivity contribution is -0.142. The molecule has 0 aromatic heterocycles. The fourth-order valence-corrected chi connectivity index (χ4v) is 0.756. The van der Waals surface area contributed by atoms with Crippen LogP contribution in [0.2, 0.25) is 0 Å². The molecule has 2 heteroatoms. The molecule has 64 valence electrons. The molecule has 0 aliphatic heterocycles. The Morgan fingerprint density at radius 2 is 2.09 bits per heavy atom. The van der Waals surface area contributed by atoms with E-state index in [1.165, 1.54) is 0 Å². The van der Waals surface area contributed by atoms with Gasteiger partial charge in [0.15, 0.2) is 0 Å². The largest absolute Gasteiger partial charge is 0.460 e. The zero-order valence-electron chi connectivity index (χ0n) is 7.68. The van der Waals surface area contributed by atoms with Gasteiger partial charge in [0.25, 0.3) is 0 Å². The molecule has 0 saturated carbocycles. The first-order valence-electron chi connectivity index (χ1n) is 3.98. The van der Waals surface area contributed by atoms with Crippen molar-refractivity contribution in [2.75, 3.05) is 0 Å². The minimum Gasteiger partial charge on any atom is -0.460 e. The van der Waals surface area contributed by atoms with Gasteiger partial charge in [-0.1, -0.05) is 13.0 Å². The number of hydrogen-bond donors (Lipinski definition) is 0. The highest BCUT2D eigenvalue weighted by Gasteiger charge is 2.08. The van der Waals surface area contributed by atoms with Gasteiger partial charge in [0.2, 0.25) is 0 Å². The smallest absolute Gasteiger partial charge is 0.333 e. The third-order valence-corrected chi connectivity index (χ3v) is 1.33. The summed E-state index contributed by atoms with van der Waals surface area (Å²) in [5, 5.41) is 0. The Labute approximate surface area is 68.2 Å². The number of carbonyl (C=O) groups is 1. The number of carbonyl (C=O) groups excluding carboxylic acids is 1. The minimum absolute atomic E-state index is 0.0241. The Balaban J connectivity index is 4.02. The SMILES string of the molecule is C/C=C(\CC)C(=O)OC(C)C. The van der Waals surface area contributed by atoms with Gasteiger partial charge in [-0.3, -0.25) is 0 Å². The molecule has 0 unspecified atom stereocenters. The van der Waals surface area contributed by atoms with E-state index in [4.69, 9.17) is 4.74 Å². The van der Waals surface area contributed by atoms with Crippen LogP contribution >= 0.6 is 0 Å². The van der Waals surface area contributed by atoms with Crippen LogP contribution in [0.5, 0.6) is 0 Å². The lowest BCUT2D eigenvalue weighted by Gasteiger charge is -2.08. The summed E-state index contributed by atoms with van der Waals surface area (Å²) >= 11 is 0. The Kier molecular flexibility index (Phi) is 4.59. The number of esters is 1. The molecule has 0 rings (SSSR count). The van der Waals surface area contributed by atoms with Crippen molar-refractivity contribution in [1.82, 2.24) is 0 Å². The van der Waals surface area contributed by atoms with Crippen molar-refractivity contribution < 1.29 is 9.53 Å². The average Bonchev–Trinajstić information content (AvgIpc) is 1.88. The molecule has 0 amide bonds. The van der Waals surface area contributed by atoms with Crippen LogP contribution in [0.25, 0.3) is 0 Å². The molecular weight excluding hydrogens is 140 g/mol. The summed E-state index contributed by atoms with van der Waals surface area (Å²) in [4.78, 5) is 11.1. The van der Waals surface area contributed by atoms with Gasteiger partial charge in [-0.05, 0) is 27.2 Å². The van der Waals surface area contributed by atoms with Gasteiger partial charge in [-0.25, -0.2) is 4.79 Å². The summed E-state index contributed by atoms with van der Waals surface area (Å²) in [6, 6.07) is 0. The van der Waals surface area contributed by atoms with Crippen molar-refractivity contribution >= 4 is 5.97 Å². The van der Waals surface area contributed by atoms with E-state index in [1.807, 2.05) is 27.7 Å². The summed E-state index contributed by atoms with van der Waals surface area (Å²) in [7, 11) is 0. The standard InChI is InChI=1S/C9H16O2/c1-5-8(6-2)9(10)11-7(3)4/h5,7H,6H2,1-4H3/b8-5+. The van der Waals surface area contributed by atoms with Crippen LogP contribution < -0.4 is 0 Å². The Hall–Kier alpha value is -0.790. The molecule has 0 aromatic rings. The van der Waals surface area contributed by atoms with Gasteiger partial charge < -0.3 is 4.74 Å². The van der Waals surface area contributed by atoms with Crippen molar-refractivity contribution in [3.05, 3.63) is 11.6 Å². The Bertz CT molecular complexity index is 157. The lowest BCUT2D eigenvalue weighted by atomic mass is 10.2. The van der Waals surface area contributed by atoms with E-state index in [9.17, 15) is 4.79 Å². The summed E-state index contributed by atoms with van der Waals surface area (Å²) in [5.74, 6) is -0.190. The maximum Gasteiger partial charge on any atom is 0.333 e. The summed E-state index contributed by atoms with van der Waals surface area (Å²) < 4.78 is 4.99. The third-order valence-electron chi connectivity index (χ3n) is 1.33. The fraction of sp³-hybridized carbons (Fsp3) is 0.667. The van der Waals surface area contributed by atoms with Crippen LogP contribution in [0.1, 0.15) is 34.1 Å².